The van der Waals surface area contributed by atoms with Crippen LogP contribution in [-0.4, -0.2) is 27.0 Å². The topological polar surface area (TPSA) is 65.0 Å². The van der Waals surface area contributed by atoms with Crippen LogP contribution in [0.4, 0.5) is 0 Å². The van der Waals surface area contributed by atoms with Crippen LogP contribution in [0, 0.1) is 0 Å². The van der Waals surface area contributed by atoms with E-state index in [1.165, 1.54) is 12.4 Å². The zero-order chi connectivity index (χ0) is 12.1. The van der Waals surface area contributed by atoms with Gasteiger partial charge in [-0.25, -0.2) is 0 Å². The SMILES string of the molecule is CCCOc1cncc(C(=O)c2cnns2)c1. The average molecular weight is 249 g/mol. The Bertz CT molecular complexity index is 499. The van der Waals surface area contributed by atoms with Crippen molar-refractivity contribution in [2.75, 3.05) is 6.61 Å². The minimum absolute atomic E-state index is 0.130. The predicted molar refractivity (Wildman–Crippen MR) is 63.4 cm³/mol. The highest BCUT2D eigenvalue weighted by Crippen LogP contribution is 2.16. The van der Waals surface area contributed by atoms with Crippen LogP contribution in [0.5, 0.6) is 5.75 Å². The molecular weight excluding hydrogens is 238 g/mol. The lowest BCUT2D eigenvalue weighted by atomic mass is 10.2. The molecule has 0 radical (unpaired) electrons. The van der Waals surface area contributed by atoms with E-state index in [0.717, 1.165) is 18.0 Å². The summed E-state index contributed by atoms with van der Waals surface area (Å²) in [5, 5.41) is 3.64. The largest absolute Gasteiger partial charge is 0.492 e. The molecule has 0 N–H and O–H groups in total. The molecule has 88 valence electrons. The van der Waals surface area contributed by atoms with E-state index in [0.29, 0.717) is 22.8 Å². The second-order valence-corrected chi connectivity index (χ2v) is 4.15. The first kappa shape index (κ1) is 11.7. The van der Waals surface area contributed by atoms with E-state index >= 15 is 0 Å². The first-order valence-electron chi connectivity index (χ1n) is 5.21. The van der Waals surface area contributed by atoms with Crippen LogP contribution in [0.2, 0.25) is 0 Å². The molecule has 0 amide bonds. The first-order chi connectivity index (χ1) is 8.31. The van der Waals surface area contributed by atoms with E-state index < -0.39 is 0 Å². The Hall–Kier alpha value is -1.82. The summed E-state index contributed by atoms with van der Waals surface area (Å²) in [5.74, 6) is 0.477. The monoisotopic (exact) mass is 249 g/mol. The van der Waals surface area contributed by atoms with Gasteiger partial charge in [0, 0.05) is 11.8 Å². The second-order valence-electron chi connectivity index (χ2n) is 3.37. The summed E-state index contributed by atoms with van der Waals surface area (Å²) in [4.78, 5) is 16.5. The van der Waals surface area contributed by atoms with Crippen molar-refractivity contribution in [1.29, 1.82) is 0 Å². The first-order valence-corrected chi connectivity index (χ1v) is 5.98. The fourth-order valence-corrected chi connectivity index (χ4v) is 1.73. The van der Waals surface area contributed by atoms with E-state index in [1.807, 2.05) is 6.92 Å². The molecule has 0 aliphatic heterocycles. The van der Waals surface area contributed by atoms with E-state index in [9.17, 15) is 4.79 Å². The van der Waals surface area contributed by atoms with Crippen LogP contribution in [0.1, 0.15) is 28.6 Å². The fourth-order valence-electron chi connectivity index (χ4n) is 1.25. The maximum atomic E-state index is 12.0. The molecule has 6 heteroatoms. The molecule has 17 heavy (non-hydrogen) atoms. The highest BCUT2D eigenvalue weighted by molar-refractivity contribution is 7.08. The molecule has 2 rings (SSSR count). The van der Waals surface area contributed by atoms with Gasteiger partial charge >= 0.3 is 0 Å². The molecule has 0 aromatic carbocycles. The summed E-state index contributed by atoms with van der Waals surface area (Å²) in [5.41, 5.74) is 0.490. The Morgan fingerprint density at radius 3 is 3.00 bits per heavy atom. The van der Waals surface area contributed by atoms with Crippen LogP contribution < -0.4 is 4.74 Å². The lowest BCUT2D eigenvalue weighted by Gasteiger charge is -2.04. The number of nitrogens with zero attached hydrogens (tertiary/aromatic N) is 3. The number of carbonyl (C=O) groups is 1. The van der Waals surface area contributed by atoms with Crippen molar-refractivity contribution in [3.8, 4) is 5.75 Å². The van der Waals surface area contributed by atoms with Crippen molar-refractivity contribution in [1.82, 2.24) is 14.6 Å². The van der Waals surface area contributed by atoms with Crippen LogP contribution >= 0.6 is 11.5 Å². The zero-order valence-corrected chi connectivity index (χ0v) is 10.1. The Morgan fingerprint density at radius 1 is 1.41 bits per heavy atom. The molecule has 0 aliphatic carbocycles. The number of ketones is 1. The predicted octanol–water partition coefficient (Wildman–Crippen LogP) is 1.95. The molecule has 0 atom stereocenters. The van der Waals surface area contributed by atoms with Gasteiger partial charge in [-0.3, -0.25) is 9.78 Å². The Kier molecular flexibility index (Phi) is 3.77. The Morgan fingerprint density at radius 2 is 2.29 bits per heavy atom. The number of hydrogen-bond acceptors (Lipinski definition) is 6. The number of pyridine rings is 1. The molecule has 0 saturated carbocycles. The number of aromatic nitrogens is 3. The summed E-state index contributed by atoms with van der Waals surface area (Å²) in [7, 11) is 0. The lowest BCUT2D eigenvalue weighted by Crippen LogP contribution is -2.02. The third kappa shape index (κ3) is 2.85. The van der Waals surface area contributed by atoms with Gasteiger partial charge in [0.2, 0.25) is 5.78 Å². The van der Waals surface area contributed by atoms with Crippen molar-refractivity contribution in [2.24, 2.45) is 0 Å². The number of rotatable bonds is 5. The molecule has 2 aromatic rings. The van der Waals surface area contributed by atoms with Gasteiger partial charge in [0.1, 0.15) is 10.6 Å². The number of ether oxygens (including phenoxy) is 1. The molecular formula is C11H11N3O2S. The third-order valence-corrected chi connectivity index (χ3v) is 2.70. The van der Waals surface area contributed by atoms with Gasteiger partial charge in [-0.1, -0.05) is 11.4 Å². The standard InChI is InChI=1S/C11H11N3O2S/c1-2-3-16-9-4-8(5-12-6-9)11(15)10-7-13-14-17-10/h4-7H,2-3H2,1H3. The highest BCUT2D eigenvalue weighted by Gasteiger charge is 2.12. The molecule has 0 fully saturated rings. The van der Waals surface area contributed by atoms with Crippen LogP contribution in [0.15, 0.2) is 24.7 Å². The average Bonchev–Trinajstić information content (AvgIpc) is 2.89. The van der Waals surface area contributed by atoms with Crippen LogP contribution in [0.3, 0.4) is 0 Å². The minimum atomic E-state index is -0.130. The van der Waals surface area contributed by atoms with Crippen LogP contribution in [0.25, 0.3) is 0 Å². The lowest BCUT2D eigenvalue weighted by molar-refractivity contribution is 0.104. The van der Waals surface area contributed by atoms with Crippen molar-refractivity contribution >= 4 is 17.3 Å². The van der Waals surface area contributed by atoms with Crippen molar-refractivity contribution < 1.29 is 9.53 Å². The van der Waals surface area contributed by atoms with Gasteiger partial charge in [0.25, 0.3) is 0 Å². The van der Waals surface area contributed by atoms with Gasteiger partial charge in [-0.05, 0) is 24.0 Å². The fraction of sp³-hybridized carbons (Fsp3) is 0.273. The van der Waals surface area contributed by atoms with Crippen molar-refractivity contribution in [2.45, 2.75) is 13.3 Å². The smallest absolute Gasteiger partial charge is 0.207 e. The molecule has 5 nitrogen and oxygen atoms in total. The quantitative estimate of drug-likeness (QED) is 0.758. The maximum Gasteiger partial charge on any atom is 0.207 e. The van der Waals surface area contributed by atoms with E-state index in [1.54, 1.807) is 12.3 Å². The Labute approximate surface area is 103 Å². The van der Waals surface area contributed by atoms with Gasteiger partial charge in [0.15, 0.2) is 0 Å². The van der Waals surface area contributed by atoms with Gasteiger partial charge < -0.3 is 4.74 Å². The molecule has 2 heterocycles. The summed E-state index contributed by atoms with van der Waals surface area (Å²) < 4.78 is 9.08. The minimum Gasteiger partial charge on any atom is -0.492 e. The summed E-state index contributed by atoms with van der Waals surface area (Å²) in [6.45, 7) is 2.63. The zero-order valence-electron chi connectivity index (χ0n) is 9.29. The van der Waals surface area contributed by atoms with E-state index in [2.05, 4.69) is 14.6 Å². The normalized spacial score (nSPS) is 10.2. The van der Waals surface area contributed by atoms with E-state index in [-0.39, 0.29) is 5.78 Å². The highest BCUT2D eigenvalue weighted by atomic mass is 32.1. The van der Waals surface area contributed by atoms with Gasteiger partial charge in [0.05, 0.1) is 19.0 Å². The molecule has 0 aliphatic rings. The third-order valence-electron chi connectivity index (χ3n) is 2.03. The number of hydrogen-bond donors (Lipinski definition) is 0. The Balaban J connectivity index is 2.18. The van der Waals surface area contributed by atoms with Crippen LogP contribution in [-0.2, 0) is 0 Å². The summed E-state index contributed by atoms with van der Waals surface area (Å²) in [6.07, 6.45) is 5.47. The van der Waals surface area contributed by atoms with E-state index in [4.69, 9.17) is 4.74 Å². The van der Waals surface area contributed by atoms with Gasteiger partial charge in [-0.2, -0.15) is 0 Å². The number of carbonyl (C=O) groups excluding carboxylic acids is 1. The molecule has 0 unspecified atom stereocenters. The van der Waals surface area contributed by atoms with Crippen molar-refractivity contribution in [3.63, 3.8) is 0 Å². The molecule has 0 spiro atoms. The maximum absolute atomic E-state index is 12.0. The second kappa shape index (κ2) is 5.49. The molecule has 0 bridgehead atoms. The van der Waals surface area contributed by atoms with Gasteiger partial charge in [-0.15, -0.1) is 5.10 Å². The summed E-state index contributed by atoms with van der Waals surface area (Å²) >= 11 is 1.07. The molecule has 0 saturated heterocycles. The summed E-state index contributed by atoms with van der Waals surface area (Å²) in [6, 6.07) is 1.69. The molecule has 2 aromatic heterocycles. The van der Waals surface area contributed by atoms with Crippen molar-refractivity contribution in [3.05, 3.63) is 35.1 Å².